The number of hydrogen-bond donors (Lipinski definition) is 0. The quantitative estimate of drug-likeness (QED) is 0.744. The monoisotopic (exact) mass is 215 g/mol. The van der Waals surface area contributed by atoms with Crippen LogP contribution in [0.25, 0.3) is 0 Å². The van der Waals surface area contributed by atoms with Gasteiger partial charge >= 0.3 is 0 Å². The van der Waals surface area contributed by atoms with Gasteiger partial charge in [-0.15, -0.1) is 5.10 Å². The lowest BCUT2D eigenvalue weighted by molar-refractivity contribution is 1.19. The third-order valence-corrected chi connectivity index (χ3v) is 3.34. The number of rotatable bonds is 2. The first kappa shape index (κ1) is 8.85. The van der Waals surface area contributed by atoms with Crippen molar-refractivity contribution in [1.29, 1.82) is 0 Å². The lowest BCUT2D eigenvalue weighted by Crippen LogP contribution is -2.06. The Bertz CT molecular complexity index is 462. The molecule has 3 rings (SSSR count). The summed E-state index contributed by atoms with van der Waals surface area (Å²) in [7, 11) is 0. The Hall–Kier alpha value is -1.42. The molecule has 3 nitrogen and oxygen atoms in total. The first-order valence-electron chi connectivity index (χ1n) is 4.81. The van der Waals surface area contributed by atoms with Gasteiger partial charge in [0.2, 0.25) is 0 Å². The molecule has 2 aliphatic rings. The third-order valence-electron chi connectivity index (χ3n) is 2.32. The average molecular weight is 215 g/mol. The van der Waals surface area contributed by atoms with E-state index in [1.165, 1.54) is 5.56 Å². The van der Waals surface area contributed by atoms with Crippen LogP contribution < -0.4 is 0 Å². The lowest BCUT2D eigenvalue weighted by Gasteiger charge is -1.98. The average Bonchev–Trinajstić information content (AvgIpc) is 2.79. The molecule has 4 heteroatoms. The second kappa shape index (κ2) is 3.62. The molecular formula is C11H9N3S. The van der Waals surface area contributed by atoms with Gasteiger partial charge in [0.15, 0.2) is 0 Å². The molecule has 2 heterocycles. The van der Waals surface area contributed by atoms with Crippen LogP contribution >= 0.6 is 11.8 Å². The number of aliphatic imine (C=N–C) groups is 1. The summed E-state index contributed by atoms with van der Waals surface area (Å²) < 4.78 is 0. The number of benzene rings is 1. The van der Waals surface area contributed by atoms with Crippen LogP contribution in [0.1, 0.15) is 5.56 Å². The molecule has 0 aromatic heterocycles. The van der Waals surface area contributed by atoms with E-state index in [0.29, 0.717) is 0 Å². The molecule has 0 aliphatic carbocycles. The van der Waals surface area contributed by atoms with Crippen LogP contribution in [0.3, 0.4) is 0 Å². The van der Waals surface area contributed by atoms with Crippen LogP contribution in [-0.2, 0) is 6.42 Å². The molecule has 1 atom stereocenters. The maximum atomic E-state index is 4.54. The minimum absolute atomic E-state index is 0.105. The zero-order chi connectivity index (χ0) is 10.1. The molecule has 0 saturated carbocycles. The van der Waals surface area contributed by atoms with Gasteiger partial charge in [-0.25, -0.2) is 0 Å². The van der Waals surface area contributed by atoms with Crippen molar-refractivity contribution < 1.29 is 0 Å². The van der Waals surface area contributed by atoms with E-state index in [4.69, 9.17) is 0 Å². The molecule has 0 fully saturated rings. The fourth-order valence-corrected chi connectivity index (χ4v) is 2.57. The molecule has 0 saturated heterocycles. The van der Waals surface area contributed by atoms with E-state index in [1.54, 1.807) is 18.0 Å². The van der Waals surface area contributed by atoms with Gasteiger partial charge in [0.05, 0.1) is 11.3 Å². The summed E-state index contributed by atoms with van der Waals surface area (Å²) in [5.41, 5.74) is 1.29. The molecule has 1 aromatic rings. The normalized spacial score (nSPS) is 22.5. The highest BCUT2D eigenvalue weighted by Gasteiger charge is 2.27. The molecular weight excluding hydrogens is 206 g/mol. The van der Waals surface area contributed by atoms with Crippen LogP contribution in [-0.4, -0.2) is 22.3 Å². The summed E-state index contributed by atoms with van der Waals surface area (Å²) >= 11 is 1.65. The van der Waals surface area contributed by atoms with Crippen molar-refractivity contribution >= 4 is 28.1 Å². The zero-order valence-corrected chi connectivity index (χ0v) is 8.81. The highest BCUT2D eigenvalue weighted by Crippen LogP contribution is 2.25. The Kier molecular flexibility index (Phi) is 2.14. The van der Waals surface area contributed by atoms with Crippen molar-refractivity contribution in [2.24, 2.45) is 15.2 Å². The smallest absolute Gasteiger partial charge is 0.138 e. The summed E-state index contributed by atoms with van der Waals surface area (Å²) in [4.78, 5) is 4.54. The minimum atomic E-state index is 0.105. The summed E-state index contributed by atoms with van der Waals surface area (Å²) in [5.74, 6) is 0. The molecule has 2 aliphatic heterocycles. The number of hydrogen-bond acceptors (Lipinski definition) is 4. The summed E-state index contributed by atoms with van der Waals surface area (Å²) in [6, 6.07) is 10.5. The molecule has 0 radical (unpaired) electrons. The fourth-order valence-electron chi connectivity index (χ4n) is 1.60. The Labute approximate surface area is 92.0 Å². The van der Waals surface area contributed by atoms with Crippen molar-refractivity contribution in [3.8, 4) is 0 Å². The van der Waals surface area contributed by atoms with Gasteiger partial charge in [-0.3, -0.25) is 4.99 Å². The van der Waals surface area contributed by atoms with Crippen LogP contribution in [0.4, 0.5) is 0 Å². The molecule has 0 unspecified atom stereocenters. The second-order valence-corrected chi connectivity index (χ2v) is 4.53. The first-order chi connectivity index (χ1) is 7.42. The number of fused-ring (bicyclic) bond motifs is 1. The van der Waals surface area contributed by atoms with Gasteiger partial charge in [-0.05, 0) is 5.56 Å². The minimum Gasteiger partial charge on any atom is -0.266 e. The topological polar surface area (TPSA) is 37.1 Å². The van der Waals surface area contributed by atoms with Gasteiger partial charge < -0.3 is 0 Å². The van der Waals surface area contributed by atoms with Gasteiger partial charge in [0, 0.05) is 6.42 Å². The van der Waals surface area contributed by atoms with Crippen LogP contribution in [0.2, 0.25) is 0 Å². The van der Waals surface area contributed by atoms with E-state index in [9.17, 15) is 0 Å². The fraction of sp³-hybridized carbons (Fsp3) is 0.182. The van der Waals surface area contributed by atoms with E-state index < -0.39 is 0 Å². The third kappa shape index (κ3) is 1.72. The lowest BCUT2D eigenvalue weighted by atomic mass is 10.2. The highest BCUT2D eigenvalue weighted by molar-refractivity contribution is 8.27. The van der Waals surface area contributed by atoms with Gasteiger partial charge in [-0.2, -0.15) is 5.10 Å². The second-order valence-electron chi connectivity index (χ2n) is 3.43. The first-order valence-corrected chi connectivity index (χ1v) is 5.63. The van der Waals surface area contributed by atoms with Crippen LogP contribution in [0, 0.1) is 0 Å². The Balaban J connectivity index is 1.76. The summed E-state index contributed by atoms with van der Waals surface area (Å²) in [5, 5.41) is 10.0. The van der Waals surface area contributed by atoms with E-state index in [2.05, 4.69) is 39.5 Å². The molecule has 0 spiro atoms. The van der Waals surface area contributed by atoms with E-state index in [-0.39, 0.29) is 6.04 Å². The van der Waals surface area contributed by atoms with Crippen LogP contribution in [0.5, 0.6) is 0 Å². The van der Waals surface area contributed by atoms with E-state index >= 15 is 0 Å². The zero-order valence-electron chi connectivity index (χ0n) is 8.00. The number of thioether (sulfide) groups is 1. The van der Waals surface area contributed by atoms with Gasteiger partial charge in [0.1, 0.15) is 11.1 Å². The van der Waals surface area contributed by atoms with Crippen molar-refractivity contribution in [3.63, 3.8) is 0 Å². The van der Waals surface area contributed by atoms with Crippen molar-refractivity contribution in [1.82, 2.24) is 0 Å². The van der Waals surface area contributed by atoms with Gasteiger partial charge in [-0.1, -0.05) is 42.1 Å². The molecule has 15 heavy (non-hydrogen) atoms. The predicted molar refractivity (Wildman–Crippen MR) is 64.9 cm³/mol. The maximum absolute atomic E-state index is 4.54. The Morgan fingerprint density at radius 1 is 1.20 bits per heavy atom. The summed E-state index contributed by atoms with van der Waals surface area (Å²) in [6.45, 7) is 0. The van der Waals surface area contributed by atoms with E-state index in [1.807, 2.05) is 6.07 Å². The molecule has 0 amide bonds. The Morgan fingerprint density at radius 2 is 2.07 bits per heavy atom. The largest absolute Gasteiger partial charge is 0.266 e. The van der Waals surface area contributed by atoms with Crippen molar-refractivity contribution in [3.05, 3.63) is 35.9 Å². The predicted octanol–water partition coefficient (Wildman–Crippen LogP) is 2.14. The van der Waals surface area contributed by atoms with Crippen LogP contribution in [0.15, 0.2) is 45.5 Å². The molecule has 74 valence electrons. The van der Waals surface area contributed by atoms with E-state index in [0.717, 1.165) is 16.5 Å². The van der Waals surface area contributed by atoms with Crippen molar-refractivity contribution in [2.75, 3.05) is 0 Å². The number of nitrogens with zero attached hydrogens (tertiary/aromatic N) is 3. The highest BCUT2D eigenvalue weighted by atomic mass is 32.2. The standard InChI is InChI=1S/C11H9N3S/c1-2-4-8(5-3-1)6-10-13-9-7-12-14-11(9)15-10/h1-5,7,9H,6H2/t9-/m0/s1. The molecule has 0 N–H and O–H groups in total. The Morgan fingerprint density at radius 3 is 2.87 bits per heavy atom. The SMILES string of the molecule is C1=NN=C2SC(Cc3ccccc3)=N[C@@H]12. The molecule has 1 aromatic carbocycles. The maximum Gasteiger partial charge on any atom is 0.138 e. The van der Waals surface area contributed by atoms with Gasteiger partial charge in [0.25, 0.3) is 0 Å². The molecule has 0 bridgehead atoms. The summed E-state index contributed by atoms with van der Waals surface area (Å²) in [6.07, 6.45) is 2.69. The van der Waals surface area contributed by atoms with Crippen molar-refractivity contribution in [2.45, 2.75) is 12.5 Å².